The van der Waals surface area contributed by atoms with Crippen molar-refractivity contribution in [1.29, 1.82) is 0 Å². The molecule has 1 rings (SSSR count). The van der Waals surface area contributed by atoms with E-state index in [1.807, 2.05) is 13.8 Å². The Balaban J connectivity index is 2.46. The molecule has 1 aliphatic rings. The van der Waals surface area contributed by atoms with Crippen molar-refractivity contribution in [3.8, 4) is 0 Å². The largest absolute Gasteiger partial charge is 0.299 e. The first-order valence-electron chi connectivity index (χ1n) is 6.11. The predicted octanol–water partition coefficient (Wildman–Crippen LogP) is 2.72. The van der Waals surface area contributed by atoms with Gasteiger partial charge in [-0.2, -0.15) is 0 Å². The molecule has 0 N–H and O–H groups in total. The predicted molar refractivity (Wildman–Crippen MR) is 63.9 cm³/mol. The van der Waals surface area contributed by atoms with Crippen molar-refractivity contribution in [2.24, 2.45) is 11.8 Å². The summed E-state index contributed by atoms with van der Waals surface area (Å²) in [6.07, 6.45) is 2.10. The number of hydrogen-bond acceptors (Lipinski definition) is 2. The Morgan fingerprint density at radius 2 is 1.67 bits per heavy atom. The molecule has 88 valence electrons. The van der Waals surface area contributed by atoms with Gasteiger partial charge >= 0.3 is 0 Å². The van der Waals surface area contributed by atoms with Gasteiger partial charge in [-0.25, -0.2) is 0 Å². The minimum Gasteiger partial charge on any atom is -0.299 e. The number of nitrogens with zero attached hydrogens (tertiary/aromatic N) is 1. The summed E-state index contributed by atoms with van der Waals surface area (Å²) >= 11 is 0. The Morgan fingerprint density at radius 1 is 1.20 bits per heavy atom. The molecule has 0 aromatic carbocycles. The molecule has 0 spiro atoms. The van der Waals surface area contributed by atoms with Crippen molar-refractivity contribution in [3.63, 3.8) is 0 Å². The second kappa shape index (κ2) is 4.65. The highest BCUT2D eigenvalue weighted by Gasteiger charge is 2.30. The Morgan fingerprint density at radius 3 is 2.00 bits per heavy atom. The number of rotatable bonds is 2. The SMILES string of the molecule is CC(C)C(=O)C1CCN(C(C)(C)C)CC1. The normalized spacial score (nSPS) is 20.9. The van der Waals surface area contributed by atoms with Crippen molar-refractivity contribution in [2.45, 2.75) is 53.0 Å². The minimum atomic E-state index is 0.205. The maximum atomic E-state index is 11.8. The molecule has 1 heterocycles. The zero-order valence-electron chi connectivity index (χ0n) is 10.8. The van der Waals surface area contributed by atoms with Crippen molar-refractivity contribution in [2.75, 3.05) is 13.1 Å². The Bertz CT molecular complexity index is 219. The maximum absolute atomic E-state index is 11.8. The molecule has 1 aliphatic heterocycles. The van der Waals surface area contributed by atoms with Crippen LogP contribution in [0.3, 0.4) is 0 Å². The van der Waals surface area contributed by atoms with Crippen LogP contribution in [-0.4, -0.2) is 29.3 Å². The molecule has 0 aliphatic carbocycles. The lowest BCUT2D eigenvalue weighted by Gasteiger charge is -2.40. The molecular weight excluding hydrogens is 186 g/mol. The molecule has 1 fully saturated rings. The van der Waals surface area contributed by atoms with Crippen molar-refractivity contribution < 1.29 is 4.79 Å². The van der Waals surface area contributed by atoms with Crippen molar-refractivity contribution in [3.05, 3.63) is 0 Å². The molecule has 0 unspecified atom stereocenters. The van der Waals surface area contributed by atoms with Gasteiger partial charge in [0.1, 0.15) is 5.78 Å². The lowest BCUT2D eigenvalue weighted by molar-refractivity contribution is -0.127. The summed E-state index contributed by atoms with van der Waals surface area (Å²) in [5.41, 5.74) is 0.256. The fourth-order valence-electron chi connectivity index (χ4n) is 2.31. The molecule has 0 bridgehead atoms. The summed E-state index contributed by atoms with van der Waals surface area (Å²) in [6.45, 7) is 12.9. The van der Waals surface area contributed by atoms with E-state index >= 15 is 0 Å². The van der Waals surface area contributed by atoms with Gasteiger partial charge in [0.2, 0.25) is 0 Å². The first-order valence-corrected chi connectivity index (χ1v) is 6.11. The average Bonchev–Trinajstić information content (AvgIpc) is 2.15. The van der Waals surface area contributed by atoms with Crippen LogP contribution in [0.2, 0.25) is 0 Å². The summed E-state index contributed by atoms with van der Waals surface area (Å²) in [7, 11) is 0. The van der Waals surface area contributed by atoms with Crippen LogP contribution in [0.15, 0.2) is 0 Å². The molecule has 0 aromatic heterocycles. The molecular formula is C13H25NO. The smallest absolute Gasteiger partial charge is 0.138 e. The van der Waals surface area contributed by atoms with Gasteiger partial charge in [-0.3, -0.25) is 9.69 Å². The van der Waals surface area contributed by atoms with E-state index < -0.39 is 0 Å². The van der Waals surface area contributed by atoms with E-state index in [0.29, 0.717) is 11.7 Å². The fraction of sp³-hybridized carbons (Fsp3) is 0.923. The summed E-state index contributed by atoms with van der Waals surface area (Å²) in [5.74, 6) is 0.989. The number of likely N-dealkylation sites (tertiary alicyclic amines) is 1. The average molecular weight is 211 g/mol. The molecule has 0 atom stereocenters. The number of hydrogen-bond donors (Lipinski definition) is 0. The fourth-order valence-corrected chi connectivity index (χ4v) is 2.31. The molecule has 0 aromatic rings. The van der Waals surface area contributed by atoms with E-state index in [2.05, 4.69) is 25.7 Å². The topological polar surface area (TPSA) is 20.3 Å². The number of piperidine rings is 1. The zero-order chi connectivity index (χ0) is 11.6. The van der Waals surface area contributed by atoms with Crippen LogP contribution in [-0.2, 0) is 4.79 Å². The van der Waals surface area contributed by atoms with E-state index in [-0.39, 0.29) is 11.5 Å². The second-order valence-electron chi connectivity index (χ2n) is 5.99. The molecule has 1 saturated heterocycles. The lowest BCUT2D eigenvalue weighted by Crippen LogP contribution is -2.47. The molecule has 0 radical (unpaired) electrons. The van der Waals surface area contributed by atoms with Crippen LogP contribution in [0.5, 0.6) is 0 Å². The van der Waals surface area contributed by atoms with Crippen LogP contribution < -0.4 is 0 Å². The van der Waals surface area contributed by atoms with E-state index in [0.717, 1.165) is 25.9 Å². The first kappa shape index (κ1) is 12.7. The molecule has 0 amide bonds. The van der Waals surface area contributed by atoms with E-state index in [1.165, 1.54) is 0 Å². The minimum absolute atomic E-state index is 0.205. The van der Waals surface area contributed by atoms with Gasteiger partial charge in [0.05, 0.1) is 0 Å². The zero-order valence-corrected chi connectivity index (χ0v) is 10.8. The molecule has 0 saturated carbocycles. The summed E-state index contributed by atoms with van der Waals surface area (Å²) in [5, 5.41) is 0. The summed E-state index contributed by atoms with van der Waals surface area (Å²) in [4.78, 5) is 14.3. The van der Waals surface area contributed by atoms with Gasteiger partial charge < -0.3 is 0 Å². The van der Waals surface area contributed by atoms with Gasteiger partial charge in [0, 0.05) is 17.4 Å². The van der Waals surface area contributed by atoms with Crippen molar-refractivity contribution in [1.82, 2.24) is 4.90 Å². The van der Waals surface area contributed by atoms with Crippen LogP contribution in [0.25, 0.3) is 0 Å². The molecule has 2 heteroatoms. The summed E-state index contributed by atoms with van der Waals surface area (Å²) < 4.78 is 0. The van der Waals surface area contributed by atoms with Gasteiger partial charge in [0.25, 0.3) is 0 Å². The monoisotopic (exact) mass is 211 g/mol. The number of ketones is 1. The number of carbonyl (C=O) groups is 1. The van der Waals surface area contributed by atoms with E-state index in [9.17, 15) is 4.79 Å². The van der Waals surface area contributed by atoms with Gasteiger partial charge in [0.15, 0.2) is 0 Å². The van der Waals surface area contributed by atoms with Gasteiger partial charge in [-0.05, 0) is 46.7 Å². The second-order valence-corrected chi connectivity index (χ2v) is 5.99. The van der Waals surface area contributed by atoms with Crippen molar-refractivity contribution >= 4 is 5.78 Å². The lowest BCUT2D eigenvalue weighted by atomic mass is 9.86. The standard InChI is InChI=1S/C13H25NO/c1-10(2)12(15)11-6-8-14(9-7-11)13(3,4)5/h10-11H,6-9H2,1-5H3. The van der Waals surface area contributed by atoms with Crippen LogP contribution in [0.4, 0.5) is 0 Å². The highest BCUT2D eigenvalue weighted by molar-refractivity contribution is 5.82. The Labute approximate surface area is 94.0 Å². The Kier molecular flexibility index (Phi) is 3.93. The Hall–Kier alpha value is -0.370. The van der Waals surface area contributed by atoms with Crippen LogP contribution >= 0.6 is 0 Å². The van der Waals surface area contributed by atoms with Crippen LogP contribution in [0.1, 0.15) is 47.5 Å². The number of carbonyl (C=O) groups excluding carboxylic acids is 1. The van der Waals surface area contributed by atoms with Gasteiger partial charge in [-0.1, -0.05) is 13.8 Å². The third-order valence-corrected chi connectivity index (χ3v) is 3.42. The molecule has 2 nitrogen and oxygen atoms in total. The quantitative estimate of drug-likeness (QED) is 0.700. The maximum Gasteiger partial charge on any atom is 0.138 e. The van der Waals surface area contributed by atoms with E-state index in [4.69, 9.17) is 0 Å². The van der Waals surface area contributed by atoms with Gasteiger partial charge in [-0.15, -0.1) is 0 Å². The van der Waals surface area contributed by atoms with Crippen LogP contribution in [0, 0.1) is 11.8 Å². The highest BCUT2D eigenvalue weighted by atomic mass is 16.1. The molecule has 15 heavy (non-hydrogen) atoms. The highest BCUT2D eigenvalue weighted by Crippen LogP contribution is 2.25. The first-order chi connectivity index (χ1) is 6.82. The van der Waals surface area contributed by atoms with E-state index in [1.54, 1.807) is 0 Å². The summed E-state index contributed by atoms with van der Waals surface area (Å²) in [6, 6.07) is 0. The third kappa shape index (κ3) is 3.30. The number of Topliss-reactive ketones (excluding diaryl/α,β-unsaturated/α-hetero) is 1. The third-order valence-electron chi connectivity index (χ3n) is 3.42.